The highest BCUT2D eigenvalue weighted by atomic mass is 16.7. The quantitative estimate of drug-likeness (QED) is 0.644. The molecule has 1 unspecified atom stereocenters. The highest BCUT2D eigenvalue weighted by Crippen LogP contribution is 2.72. The second kappa shape index (κ2) is 3.81. The summed E-state index contributed by atoms with van der Waals surface area (Å²) in [6.07, 6.45) is 2.89. The van der Waals surface area contributed by atoms with Gasteiger partial charge in [-0.25, -0.2) is 0 Å². The lowest BCUT2D eigenvalue weighted by Crippen LogP contribution is -2.75. The van der Waals surface area contributed by atoms with Crippen molar-refractivity contribution in [3.63, 3.8) is 0 Å². The lowest BCUT2D eigenvalue weighted by Gasteiger charge is -2.59. The molecule has 138 valence electrons. The van der Waals surface area contributed by atoms with Crippen LogP contribution in [0.5, 0.6) is 11.5 Å². The molecule has 1 saturated carbocycles. The summed E-state index contributed by atoms with van der Waals surface area (Å²) in [5, 5.41) is 0. The minimum absolute atomic E-state index is 0.0594. The minimum Gasteiger partial charge on any atom is -0.454 e. The molecule has 4 saturated heterocycles. The van der Waals surface area contributed by atoms with Crippen LogP contribution >= 0.6 is 0 Å². The number of carbonyl (C=O) groups is 2. The van der Waals surface area contributed by atoms with Crippen LogP contribution in [0.1, 0.15) is 37.2 Å². The van der Waals surface area contributed by atoms with Crippen LogP contribution in [0.25, 0.3) is 0 Å². The first kappa shape index (κ1) is 13.8. The molecule has 1 spiro atoms. The smallest absolute Gasteiger partial charge is 0.254 e. The Hall–Kier alpha value is -2.28. The number of ether oxygens (including phenoxy) is 3. The van der Waals surface area contributed by atoms with Crippen LogP contribution < -0.4 is 14.4 Å². The molecule has 5 fully saturated rings. The summed E-state index contributed by atoms with van der Waals surface area (Å²) < 4.78 is 17.1. The number of carbonyl (C=O) groups excluding carboxylic acids is 2. The number of rotatable bonds is 0. The molecule has 0 radical (unpaired) electrons. The molecule has 7 aliphatic rings. The summed E-state index contributed by atoms with van der Waals surface area (Å²) in [5.74, 6) is 2.05. The Morgan fingerprint density at radius 3 is 2.85 bits per heavy atom. The Bertz CT molecular complexity index is 993. The number of hydrogen-bond acceptors (Lipinski definition) is 5. The molecule has 1 aliphatic carbocycles. The van der Waals surface area contributed by atoms with Crippen molar-refractivity contribution in [3.05, 3.63) is 17.7 Å². The fourth-order valence-electron chi connectivity index (χ4n) is 7.70. The van der Waals surface area contributed by atoms with Gasteiger partial charge in [-0.3, -0.25) is 9.59 Å². The topological polar surface area (TPSA) is 71.6 Å². The first-order valence-electron chi connectivity index (χ1n) is 9.88. The van der Waals surface area contributed by atoms with E-state index in [1.807, 2.05) is 11.0 Å². The van der Waals surface area contributed by atoms with Crippen LogP contribution in [0.4, 0.5) is 5.69 Å². The van der Waals surface area contributed by atoms with E-state index in [4.69, 9.17) is 14.2 Å². The first-order chi connectivity index (χ1) is 13.1. The van der Waals surface area contributed by atoms with E-state index in [9.17, 15) is 9.59 Å². The Morgan fingerprint density at radius 2 is 1.96 bits per heavy atom. The van der Waals surface area contributed by atoms with E-state index >= 15 is 0 Å². The van der Waals surface area contributed by atoms with Gasteiger partial charge in [0.15, 0.2) is 17.6 Å². The maximum Gasteiger partial charge on any atom is 0.254 e. The molecule has 7 nitrogen and oxygen atoms in total. The van der Waals surface area contributed by atoms with Gasteiger partial charge in [-0.15, -0.1) is 0 Å². The van der Waals surface area contributed by atoms with Crippen LogP contribution in [-0.2, 0) is 14.3 Å². The van der Waals surface area contributed by atoms with E-state index < -0.39 is 0 Å². The zero-order valence-electron chi connectivity index (χ0n) is 14.6. The molecule has 6 aliphatic heterocycles. The van der Waals surface area contributed by atoms with E-state index in [0.717, 1.165) is 37.2 Å². The number of fused-ring (bicyclic) bond motifs is 5. The third-order valence-electron chi connectivity index (χ3n) is 8.45. The lowest BCUT2D eigenvalue weighted by molar-refractivity contribution is -0.151. The summed E-state index contributed by atoms with van der Waals surface area (Å²) in [6, 6.07) is 4.14. The first-order valence-corrected chi connectivity index (χ1v) is 9.88. The minimum atomic E-state index is -0.322. The molecular weight excluding hydrogens is 348 g/mol. The van der Waals surface area contributed by atoms with Crippen LogP contribution in [0, 0.1) is 5.41 Å². The van der Waals surface area contributed by atoms with E-state index in [1.54, 1.807) is 0 Å². The monoisotopic (exact) mass is 366 g/mol. The van der Waals surface area contributed by atoms with Crippen molar-refractivity contribution >= 4 is 17.5 Å². The molecule has 27 heavy (non-hydrogen) atoms. The summed E-state index contributed by atoms with van der Waals surface area (Å²) in [4.78, 5) is 30.5. The number of hydrogen-bond donors (Lipinski definition) is 0. The molecule has 0 aromatic heterocycles. The fraction of sp³-hybridized carbons (Fsp3) is 0.600. The fourth-order valence-corrected chi connectivity index (χ4v) is 7.70. The Labute approximate surface area is 155 Å². The highest BCUT2D eigenvalue weighted by Gasteiger charge is 2.81. The van der Waals surface area contributed by atoms with E-state index in [1.165, 1.54) is 5.56 Å². The number of amides is 2. The van der Waals surface area contributed by atoms with Gasteiger partial charge in [-0.1, -0.05) is 0 Å². The molecule has 1 aromatic carbocycles. The summed E-state index contributed by atoms with van der Waals surface area (Å²) in [7, 11) is 0. The summed E-state index contributed by atoms with van der Waals surface area (Å²) >= 11 is 0. The zero-order valence-corrected chi connectivity index (χ0v) is 14.6. The van der Waals surface area contributed by atoms with Crippen molar-refractivity contribution in [2.45, 2.75) is 55.4 Å². The van der Waals surface area contributed by atoms with Crippen molar-refractivity contribution in [2.24, 2.45) is 5.41 Å². The van der Waals surface area contributed by atoms with Gasteiger partial charge in [-0.2, -0.15) is 0 Å². The van der Waals surface area contributed by atoms with E-state index in [2.05, 4.69) is 11.0 Å². The van der Waals surface area contributed by atoms with Crippen molar-refractivity contribution in [1.29, 1.82) is 0 Å². The second-order valence-electron chi connectivity index (χ2n) is 9.15. The normalized spacial score (nSPS) is 46.4. The third kappa shape index (κ3) is 1.20. The van der Waals surface area contributed by atoms with Gasteiger partial charge < -0.3 is 24.0 Å². The summed E-state index contributed by atoms with van der Waals surface area (Å²) in [5.41, 5.74) is 1.65. The SMILES string of the molecule is O=C1[C@@H]2O[C@@H]2C23CC[C@@]45[C@@H](CCN1[C@@H]24)c1cc2c(cc1N5C(=O)C3)OCO2. The number of anilines is 1. The van der Waals surface area contributed by atoms with Crippen LogP contribution in [0.2, 0.25) is 0 Å². The second-order valence-corrected chi connectivity index (χ2v) is 9.15. The van der Waals surface area contributed by atoms with Gasteiger partial charge in [-0.05, 0) is 30.9 Å². The van der Waals surface area contributed by atoms with Gasteiger partial charge in [0, 0.05) is 30.4 Å². The largest absolute Gasteiger partial charge is 0.454 e. The molecule has 2 bridgehead atoms. The van der Waals surface area contributed by atoms with Crippen molar-refractivity contribution in [1.82, 2.24) is 4.90 Å². The summed E-state index contributed by atoms with van der Waals surface area (Å²) in [6.45, 7) is 0.983. The average Bonchev–Trinajstić information content (AvgIpc) is 3.17. The molecule has 2 amide bonds. The third-order valence-corrected chi connectivity index (χ3v) is 8.45. The predicted molar refractivity (Wildman–Crippen MR) is 90.6 cm³/mol. The Balaban J connectivity index is 1.41. The van der Waals surface area contributed by atoms with Crippen molar-refractivity contribution < 1.29 is 23.8 Å². The molecular formula is C20H18N2O5. The standard InChI is InChI=1S/C20H18N2O5/c23-14-7-19-2-3-20-10(1-4-21(18(19)20)17(24)15-16(19)27-15)9-5-12-13(26-8-25-12)6-11(9)22(14)20/h5-6,10,15-16,18H,1-4,7-8H2/t10-,15+,16-,18-,19?,20+/m0/s1. The number of benzene rings is 1. The van der Waals surface area contributed by atoms with Gasteiger partial charge in [0.1, 0.15) is 6.10 Å². The van der Waals surface area contributed by atoms with Gasteiger partial charge in [0.05, 0.1) is 17.3 Å². The van der Waals surface area contributed by atoms with Crippen LogP contribution in [0.3, 0.4) is 0 Å². The molecule has 6 atom stereocenters. The molecule has 7 heteroatoms. The van der Waals surface area contributed by atoms with Crippen LogP contribution in [-0.4, -0.2) is 53.8 Å². The van der Waals surface area contributed by atoms with Gasteiger partial charge >= 0.3 is 0 Å². The van der Waals surface area contributed by atoms with Crippen molar-refractivity contribution in [2.75, 3.05) is 18.2 Å². The molecule has 6 heterocycles. The Kier molecular flexibility index (Phi) is 1.95. The zero-order chi connectivity index (χ0) is 17.7. The predicted octanol–water partition coefficient (Wildman–Crippen LogP) is 1.15. The highest BCUT2D eigenvalue weighted by molar-refractivity contribution is 6.02. The van der Waals surface area contributed by atoms with Gasteiger partial charge in [0.2, 0.25) is 12.7 Å². The van der Waals surface area contributed by atoms with Gasteiger partial charge in [0.25, 0.3) is 5.91 Å². The van der Waals surface area contributed by atoms with E-state index in [0.29, 0.717) is 12.2 Å². The maximum absolute atomic E-state index is 13.5. The number of piperidine rings is 3. The molecule has 8 rings (SSSR count). The number of epoxide rings is 1. The average molecular weight is 366 g/mol. The van der Waals surface area contributed by atoms with Crippen molar-refractivity contribution in [3.8, 4) is 11.5 Å². The molecule has 0 N–H and O–H groups in total. The van der Waals surface area contributed by atoms with E-state index in [-0.39, 0.29) is 53.7 Å². The van der Waals surface area contributed by atoms with Crippen LogP contribution in [0.15, 0.2) is 12.1 Å². The molecule has 1 aromatic rings. The number of nitrogens with zero attached hydrogens (tertiary/aromatic N) is 2. The maximum atomic E-state index is 13.5. The Morgan fingerprint density at radius 1 is 1.11 bits per heavy atom. The lowest BCUT2D eigenvalue weighted by atomic mass is 9.61.